The summed E-state index contributed by atoms with van der Waals surface area (Å²) >= 11 is 0. The van der Waals surface area contributed by atoms with E-state index in [4.69, 9.17) is 9.72 Å². The average molecular weight is 518 g/mol. The Labute approximate surface area is 230 Å². The molecule has 0 bridgehead atoms. The molecule has 0 saturated carbocycles. The molecule has 0 aliphatic carbocycles. The number of carbonyl (C=O) groups is 1. The van der Waals surface area contributed by atoms with Gasteiger partial charge in [0.05, 0.1) is 23.1 Å². The fourth-order valence-electron chi connectivity index (χ4n) is 5.08. The minimum absolute atomic E-state index is 0.227. The number of fused-ring (bicyclic) bond motifs is 2. The topological polar surface area (TPSA) is 54.5 Å². The Hall–Kier alpha value is -4.38. The maximum Gasteiger partial charge on any atom is 0.310 e. The number of aromatic nitrogens is 1. The predicted octanol–water partition coefficient (Wildman–Crippen LogP) is 7.96. The van der Waals surface area contributed by atoms with Crippen molar-refractivity contribution >= 4 is 44.8 Å². The van der Waals surface area contributed by atoms with Crippen molar-refractivity contribution in [1.82, 2.24) is 4.98 Å². The van der Waals surface area contributed by atoms with Crippen LogP contribution in [0, 0.1) is 6.92 Å². The molecule has 0 amide bonds. The van der Waals surface area contributed by atoms with E-state index in [1.807, 2.05) is 54.6 Å². The molecule has 0 aliphatic heterocycles. The van der Waals surface area contributed by atoms with Crippen LogP contribution in [0.3, 0.4) is 0 Å². The Kier molecular flexibility index (Phi) is 8.07. The molecular weight excluding hydrogens is 482 g/mol. The van der Waals surface area contributed by atoms with Crippen molar-refractivity contribution in [2.24, 2.45) is 0 Å². The van der Waals surface area contributed by atoms with Crippen LogP contribution < -0.4 is 10.2 Å². The zero-order valence-corrected chi connectivity index (χ0v) is 22.9. The predicted molar refractivity (Wildman–Crippen MR) is 162 cm³/mol. The van der Waals surface area contributed by atoms with E-state index in [1.54, 1.807) is 0 Å². The molecule has 39 heavy (non-hydrogen) atoms. The van der Waals surface area contributed by atoms with Gasteiger partial charge in [0.15, 0.2) is 0 Å². The van der Waals surface area contributed by atoms with E-state index in [0.717, 1.165) is 69.4 Å². The largest absolute Gasteiger partial charge is 0.461 e. The number of ether oxygens (including phenoxy) is 1. The second kappa shape index (κ2) is 12.0. The average Bonchev–Trinajstić information content (AvgIpc) is 2.95. The fourth-order valence-corrected chi connectivity index (χ4v) is 5.08. The summed E-state index contributed by atoms with van der Waals surface area (Å²) in [5, 5.41) is 5.77. The van der Waals surface area contributed by atoms with E-state index < -0.39 is 0 Å². The lowest BCUT2D eigenvalue weighted by molar-refractivity contribution is -0.144. The van der Waals surface area contributed by atoms with Gasteiger partial charge in [0.2, 0.25) is 0 Å². The van der Waals surface area contributed by atoms with Crippen LogP contribution in [0.2, 0.25) is 0 Å². The van der Waals surface area contributed by atoms with E-state index in [0.29, 0.717) is 0 Å². The zero-order chi connectivity index (χ0) is 27.2. The van der Waals surface area contributed by atoms with E-state index in [9.17, 15) is 4.79 Å². The van der Waals surface area contributed by atoms with Crippen molar-refractivity contribution in [3.8, 4) is 0 Å². The molecule has 5 rings (SSSR count). The first-order valence-electron chi connectivity index (χ1n) is 13.7. The highest BCUT2D eigenvalue weighted by Crippen LogP contribution is 2.33. The normalized spacial score (nSPS) is 11.1. The van der Waals surface area contributed by atoms with Gasteiger partial charge in [-0.05, 0) is 73.4 Å². The Morgan fingerprint density at radius 2 is 1.51 bits per heavy atom. The van der Waals surface area contributed by atoms with Crippen LogP contribution in [0.1, 0.15) is 37.0 Å². The smallest absolute Gasteiger partial charge is 0.310 e. The van der Waals surface area contributed by atoms with Gasteiger partial charge in [-0.25, -0.2) is 4.98 Å². The summed E-state index contributed by atoms with van der Waals surface area (Å²) in [6.45, 7) is 8.62. The number of pyridine rings is 1. The first-order valence-corrected chi connectivity index (χ1v) is 13.7. The lowest BCUT2D eigenvalue weighted by Crippen LogP contribution is -2.23. The summed E-state index contributed by atoms with van der Waals surface area (Å²) in [6.07, 6.45) is 1.36. The van der Waals surface area contributed by atoms with Crippen LogP contribution in [0.4, 0.5) is 17.1 Å². The third kappa shape index (κ3) is 6.20. The van der Waals surface area contributed by atoms with Gasteiger partial charge in [-0.15, -0.1) is 0 Å². The highest BCUT2D eigenvalue weighted by molar-refractivity contribution is 6.08. The minimum atomic E-state index is -0.231. The molecule has 5 nitrogen and oxygen atoms in total. The summed E-state index contributed by atoms with van der Waals surface area (Å²) < 4.78 is 5.68. The third-order valence-electron chi connectivity index (χ3n) is 6.92. The van der Waals surface area contributed by atoms with Gasteiger partial charge in [-0.3, -0.25) is 4.79 Å². The molecule has 1 N–H and O–H groups in total. The van der Waals surface area contributed by atoms with Gasteiger partial charge in [0.1, 0.15) is 6.61 Å². The van der Waals surface area contributed by atoms with Crippen molar-refractivity contribution in [3.63, 3.8) is 0 Å². The number of hydrogen-bond acceptors (Lipinski definition) is 5. The second-order valence-corrected chi connectivity index (χ2v) is 9.94. The van der Waals surface area contributed by atoms with Crippen LogP contribution in [0.25, 0.3) is 21.8 Å². The van der Waals surface area contributed by atoms with Crippen LogP contribution >= 0.6 is 0 Å². The molecular formula is C34H35N3O2. The lowest BCUT2D eigenvalue weighted by Gasteiger charge is -2.22. The Morgan fingerprint density at radius 3 is 2.15 bits per heavy atom. The molecule has 0 aliphatic rings. The number of carbonyl (C=O) groups excluding carboxylic acids is 1. The van der Waals surface area contributed by atoms with E-state index in [1.165, 1.54) is 5.69 Å². The number of esters is 1. The number of anilines is 3. The fraction of sp³-hybridized carbons (Fsp3) is 0.235. The molecule has 4 aromatic carbocycles. The summed E-state index contributed by atoms with van der Waals surface area (Å²) in [5.41, 5.74) is 8.05. The molecule has 0 radical (unpaired) electrons. The molecule has 5 heteroatoms. The highest BCUT2D eigenvalue weighted by atomic mass is 16.5. The van der Waals surface area contributed by atoms with Crippen molar-refractivity contribution in [3.05, 3.63) is 108 Å². The van der Waals surface area contributed by atoms with Gasteiger partial charge in [-0.1, -0.05) is 61.5 Å². The molecule has 5 aromatic rings. The van der Waals surface area contributed by atoms with Gasteiger partial charge in [0.25, 0.3) is 0 Å². The van der Waals surface area contributed by atoms with Gasteiger partial charge >= 0.3 is 5.97 Å². The minimum Gasteiger partial charge on any atom is -0.461 e. The van der Waals surface area contributed by atoms with Crippen molar-refractivity contribution < 1.29 is 9.53 Å². The first kappa shape index (κ1) is 26.2. The molecule has 0 spiro atoms. The number of para-hydroxylation sites is 2. The SMILES string of the molecule is CCCN(CC)c1ccc(CC(=O)OCc2cc(C)cc(Nc3c4ccccc4nc4ccccc34)c2)cc1. The third-order valence-corrected chi connectivity index (χ3v) is 6.92. The molecule has 0 unspecified atom stereocenters. The molecule has 0 atom stereocenters. The van der Waals surface area contributed by atoms with Crippen LogP contribution in [0.5, 0.6) is 0 Å². The number of benzene rings is 4. The van der Waals surface area contributed by atoms with Crippen LogP contribution in [-0.2, 0) is 22.6 Å². The van der Waals surface area contributed by atoms with Crippen molar-refractivity contribution in [1.29, 1.82) is 0 Å². The van der Waals surface area contributed by atoms with E-state index in [-0.39, 0.29) is 19.0 Å². The number of rotatable bonds is 10. The molecule has 0 saturated heterocycles. The van der Waals surface area contributed by atoms with E-state index in [2.05, 4.69) is 67.4 Å². The second-order valence-electron chi connectivity index (χ2n) is 9.94. The van der Waals surface area contributed by atoms with Gasteiger partial charge < -0.3 is 15.0 Å². The number of nitrogens with zero attached hydrogens (tertiary/aromatic N) is 2. The summed E-state index contributed by atoms with van der Waals surface area (Å²) in [6, 6.07) is 30.8. The Balaban J connectivity index is 1.29. The summed E-state index contributed by atoms with van der Waals surface area (Å²) in [4.78, 5) is 19.8. The van der Waals surface area contributed by atoms with Gasteiger partial charge in [0, 0.05) is 35.2 Å². The van der Waals surface area contributed by atoms with Crippen LogP contribution in [-0.4, -0.2) is 24.0 Å². The molecule has 1 aromatic heterocycles. The first-order chi connectivity index (χ1) is 19.0. The van der Waals surface area contributed by atoms with E-state index >= 15 is 0 Å². The maximum atomic E-state index is 12.7. The van der Waals surface area contributed by atoms with Crippen molar-refractivity contribution in [2.45, 2.75) is 40.2 Å². The van der Waals surface area contributed by atoms with Crippen LogP contribution in [0.15, 0.2) is 91.0 Å². The van der Waals surface area contributed by atoms with Gasteiger partial charge in [-0.2, -0.15) is 0 Å². The Morgan fingerprint density at radius 1 is 0.846 bits per heavy atom. The standard InChI is InChI=1S/C34H35N3O2/c1-4-18-37(5-2)28-16-14-25(15-17-28)22-33(38)39-23-26-19-24(3)20-27(21-26)35-34-29-10-6-8-12-31(29)36-32-13-9-7-11-30(32)34/h6-17,19-21H,4-5,18,22-23H2,1-3H3,(H,35,36). The van der Waals surface area contributed by atoms with Crippen molar-refractivity contribution in [2.75, 3.05) is 23.3 Å². The maximum absolute atomic E-state index is 12.7. The lowest BCUT2D eigenvalue weighted by atomic mass is 10.1. The monoisotopic (exact) mass is 517 g/mol. The molecule has 198 valence electrons. The number of hydrogen-bond donors (Lipinski definition) is 1. The quantitative estimate of drug-likeness (QED) is 0.150. The summed E-state index contributed by atoms with van der Waals surface area (Å²) in [5.74, 6) is -0.231. The zero-order valence-electron chi connectivity index (χ0n) is 22.9. The summed E-state index contributed by atoms with van der Waals surface area (Å²) in [7, 11) is 0. The Bertz CT molecular complexity index is 1540. The molecule has 1 heterocycles. The highest BCUT2D eigenvalue weighted by Gasteiger charge is 2.11. The number of aryl methyl sites for hydroxylation is 1. The number of nitrogens with one attached hydrogen (secondary N) is 1. The molecule has 0 fully saturated rings.